The number of fused-ring (bicyclic) bond motifs is 3. The van der Waals surface area contributed by atoms with Crippen molar-refractivity contribution < 1.29 is 13.9 Å². The first kappa shape index (κ1) is 22.4. The fraction of sp³-hybridized carbons (Fsp3) is 0.417. The summed E-state index contributed by atoms with van der Waals surface area (Å²) in [6.45, 7) is 5.89. The lowest BCUT2D eigenvalue weighted by Crippen LogP contribution is -2.46. The lowest BCUT2D eigenvalue weighted by atomic mass is 10.1. The summed E-state index contributed by atoms with van der Waals surface area (Å²) in [5, 5.41) is 4.67. The van der Waals surface area contributed by atoms with Gasteiger partial charge in [-0.3, -0.25) is 9.47 Å². The summed E-state index contributed by atoms with van der Waals surface area (Å²) >= 11 is 0. The van der Waals surface area contributed by atoms with Gasteiger partial charge in [0.15, 0.2) is 5.65 Å². The van der Waals surface area contributed by atoms with Gasteiger partial charge >= 0.3 is 5.69 Å². The molecule has 178 valence electrons. The maximum absolute atomic E-state index is 15.4. The summed E-state index contributed by atoms with van der Waals surface area (Å²) in [6, 6.07) is 9.18. The van der Waals surface area contributed by atoms with E-state index in [4.69, 9.17) is 9.47 Å². The van der Waals surface area contributed by atoms with Gasteiger partial charge in [0.1, 0.15) is 23.9 Å². The number of rotatable bonds is 6. The van der Waals surface area contributed by atoms with Crippen molar-refractivity contribution in [3.8, 4) is 5.75 Å². The molecule has 1 saturated heterocycles. The lowest BCUT2D eigenvalue weighted by Gasteiger charge is -2.35. The molecule has 1 fully saturated rings. The molecule has 1 aliphatic heterocycles. The zero-order valence-electron chi connectivity index (χ0n) is 19.4. The number of hydrogen-bond acceptors (Lipinski definition) is 7. The zero-order chi connectivity index (χ0) is 23.8. The number of alkyl halides is 1. The summed E-state index contributed by atoms with van der Waals surface area (Å²) in [6.07, 6.45) is 1.72. The number of methoxy groups -OCH3 is 1. The molecule has 0 aliphatic carbocycles. The van der Waals surface area contributed by atoms with Crippen LogP contribution in [0.15, 0.2) is 47.7 Å². The summed E-state index contributed by atoms with van der Waals surface area (Å²) in [4.78, 5) is 24.0. The molecule has 0 saturated carbocycles. The Labute approximate surface area is 195 Å². The Balaban J connectivity index is 1.51. The standard InChI is InChI=1S/C24H27FN6O3/c1-15-10-29(11-16(2)34-15)13-21(25)18-8-20-22(26-9-18)30(24(32)31-23(20)27-14-28-31)12-17-4-6-19(33-3)7-5-17/h4-9,14-16,21H,10-13H2,1-3H3/t15-,16+,21?. The van der Waals surface area contributed by atoms with Gasteiger partial charge in [0.05, 0.1) is 31.2 Å². The van der Waals surface area contributed by atoms with E-state index in [0.717, 1.165) is 11.3 Å². The molecule has 1 aliphatic rings. The number of benzene rings is 1. The molecule has 0 N–H and O–H groups in total. The molecule has 0 spiro atoms. The molecule has 3 aromatic heterocycles. The molecule has 1 unspecified atom stereocenters. The molecule has 4 aromatic rings. The average Bonchev–Trinajstić information content (AvgIpc) is 3.32. The summed E-state index contributed by atoms with van der Waals surface area (Å²) < 4.78 is 29.1. The first-order valence-electron chi connectivity index (χ1n) is 11.3. The number of morpholine rings is 1. The third-order valence-corrected chi connectivity index (χ3v) is 6.12. The van der Waals surface area contributed by atoms with Crippen LogP contribution in [0.2, 0.25) is 0 Å². The number of nitrogens with zero attached hydrogens (tertiary/aromatic N) is 6. The molecule has 34 heavy (non-hydrogen) atoms. The molecule has 3 atom stereocenters. The van der Waals surface area contributed by atoms with Crippen molar-refractivity contribution in [1.82, 2.24) is 29.0 Å². The van der Waals surface area contributed by atoms with Crippen LogP contribution < -0.4 is 10.4 Å². The zero-order valence-corrected chi connectivity index (χ0v) is 19.4. The van der Waals surface area contributed by atoms with Gasteiger partial charge in [0, 0.05) is 31.4 Å². The number of pyridine rings is 1. The number of hydrogen-bond donors (Lipinski definition) is 0. The monoisotopic (exact) mass is 466 g/mol. The van der Waals surface area contributed by atoms with E-state index >= 15 is 4.39 Å². The van der Waals surface area contributed by atoms with Gasteiger partial charge in [-0.1, -0.05) is 12.1 Å². The predicted molar refractivity (Wildman–Crippen MR) is 125 cm³/mol. The molecule has 10 heteroatoms. The molecule has 9 nitrogen and oxygen atoms in total. The van der Waals surface area contributed by atoms with E-state index in [1.807, 2.05) is 38.1 Å². The van der Waals surface area contributed by atoms with Gasteiger partial charge in [-0.25, -0.2) is 19.2 Å². The number of halogens is 1. The minimum Gasteiger partial charge on any atom is -0.497 e. The minimum atomic E-state index is -1.24. The third-order valence-electron chi connectivity index (χ3n) is 6.12. The van der Waals surface area contributed by atoms with E-state index in [1.54, 1.807) is 13.2 Å². The average molecular weight is 467 g/mol. The van der Waals surface area contributed by atoms with E-state index < -0.39 is 6.17 Å². The van der Waals surface area contributed by atoms with Crippen LogP contribution in [0.1, 0.15) is 31.1 Å². The Morgan fingerprint density at radius 2 is 1.88 bits per heavy atom. The summed E-state index contributed by atoms with van der Waals surface area (Å²) in [5.74, 6) is 0.730. The fourth-order valence-electron chi connectivity index (χ4n) is 4.62. The molecule has 1 aromatic carbocycles. The SMILES string of the molecule is COc1ccc(Cn2c(=O)n3ncnc3c3cc(C(F)CN4C[C@@H](C)O[C@@H](C)C4)cnc32)cc1. The van der Waals surface area contributed by atoms with Crippen molar-refractivity contribution in [3.63, 3.8) is 0 Å². The van der Waals surface area contributed by atoms with Crippen molar-refractivity contribution in [2.24, 2.45) is 0 Å². The Morgan fingerprint density at radius 3 is 2.59 bits per heavy atom. The molecule has 0 radical (unpaired) electrons. The molecule has 0 bridgehead atoms. The van der Waals surface area contributed by atoms with Crippen LogP contribution in [0, 0.1) is 0 Å². The molecule has 5 rings (SSSR count). The summed E-state index contributed by atoms with van der Waals surface area (Å²) in [5.41, 5.74) is 1.78. The Morgan fingerprint density at radius 1 is 1.15 bits per heavy atom. The van der Waals surface area contributed by atoms with Crippen LogP contribution in [0.5, 0.6) is 5.75 Å². The normalized spacial score (nSPS) is 20.1. The molecule has 4 heterocycles. The van der Waals surface area contributed by atoms with E-state index in [0.29, 0.717) is 35.3 Å². The summed E-state index contributed by atoms with van der Waals surface area (Å²) in [7, 11) is 1.60. The van der Waals surface area contributed by atoms with Crippen molar-refractivity contribution in [3.05, 3.63) is 64.5 Å². The third kappa shape index (κ3) is 4.26. The maximum Gasteiger partial charge on any atom is 0.352 e. The largest absolute Gasteiger partial charge is 0.497 e. The van der Waals surface area contributed by atoms with Crippen LogP contribution in [0.4, 0.5) is 4.39 Å². The first-order valence-corrected chi connectivity index (χ1v) is 11.3. The number of aromatic nitrogens is 5. The Hall–Kier alpha value is -3.37. The van der Waals surface area contributed by atoms with Crippen LogP contribution in [-0.2, 0) is 11.3 Å². The van der Waals surface area contributed by atoms with Crippen LogP contribution in [0.3, 0.4) is 0 Å². The Kier molecular flexibility index (Phi) is 6.01. The highest BCUT2D eigenvalue weighted by atomic mass is 19.1. The van der Waals surface area contributed by atoms with Crippen LogP contribution >= 0.6 is 0 Å². The minimum absolute atomic E-state index is 0.0636. The van der Waals surface area contributed by atoms with Crippen LogP contribution in [0.25, 0.3) is 16.7 Å². The topological polar surface area (TPSA) is 86.8 Å². The van der Waals surface area contributed by atoms with Crippen molar-refractivity contribution in [2.45, 2.75) is 38.8 Å². The van der Waals surface area contributed by atoms with Gasteiger partial charge in [-0.15, -0.1) is 0 Å². The highest BCUT2D eigenvalue weighted by Crippen LogP contribution is 2.25. The smallest absolute Gasteiger partial charge is 0.352 e. The number of ether oxygens (including phenoxy) is 2. The first-order chi connectivity index (χ1) is 16.4. The predicted octanol–water partition coefficient (Wildman–Crippen LogP) is 2.62. The van der Waals surface area contributed by atoms with Crippen molar-refractivity contribution in [2.75, 3.05) is 26.7 Å². The highest BCUT2D eigenvalue weighted by molar-refractivity contribution is 5.89. The highest BCUT2D eigenvalue weighted by Gasteiger charge is 2.26. The Bertz CT molecular complexity index is 1360. The fourth-order valence-corrected chi connectivity index (χ4v) is 4.62. The molecular weight excluding hydrogens is 439 g/mol. The van der Waals surface area contributed by atoms with E-state index in [-0.39, 0.29) is 31.0 Å². The second kappa shape index (κ2) is 9.11. The van der Waals surface area contributed by atoms with Crippen molar-refractivity contribution in [1.29, 1.82) is 0 Å². The maximum atomic E-state index is 15.4. The van der Waals surface area contributed by atoms with Crippen LogP contribution in [-0.4, -0.2) is 68.0 Å². The van der Waals surface area contributed by atoms with Crippen molar-refractivity contribution >= 4 is 16.7 Å². The van der Waals surface area contributed by atoms with E-state index in [9.17, 15) is 4.79 Å². The second-order valence-corrected chi connectivity index (χ2v) is 8.80. The van der Waals surface area contributed by atoms with E-state index in [2.05, 4.69) is 20.0 Å². The van der Waals surface area contributed by atoms with Gasteiger partial charge in [0.25, 0.3) is 0 Å². The lowest BCUT2D eigenvalue weighted by molar-refractivity contribution is -0.0726. The van der Waals surface area contributed by atoms with E-state index in [1.165, 1.54) is 21.6 Å². The van der Waals surface area contributed by atoms with Gasteiger partial charge in [-0.05, 0) is 37.6 Å². The molecular formula is C24H27FN6O3. The molecule has 0 amide bonds. The van der Waals surface area contributed by atoms with Gasteiger partial charge in [-0.2, -0.15) is 9.61 Å². The van der Waals surface area contributed by atoms with Gasteiger partial charge < -0.3 is 9.47 Å². The second-order valence-electron chi connectivity index (χ2n) is 8.80. The van der Waals surface area contributed by atoms with Gasteiger partial charge in [0.2, 0.25) is 0 Å². The quantitative estimate of drug-likeness (QED) is 0.432.